The van der Waals surface area contributed by atoms with Crippen molar-refractivity contribution in [3.8, 4) is 11.5 Å². The summed E-state index contributed by atoms with van der Waals surface area (Å²) in [7, 11) is -0.708. The van der Waals surface area contributed by atoms with Crippen LogP contribution in [0.5, 0.6) is 11.5 Å². The molecule has 2 aromatic rings. The maximum absolute atomic E-state index is 12.7. The van der Waals surface area contributed by atoms with Crippen LogP contribution in [-0.4, -0.2) is 66.8 Å². The second kappa shape index (κ2) is 9.96. The van der Waals surface area contributed by atoms with Gasteiger partial charge in [-0.2, -0.15) is 0 Å². The Hall–Kier alpha value is -2.29. The van der Waals surface area contributed by atoms with Gasteiger partial charge < -0.3 is 14.4 Å². The molecule has 0 unspecified atom stereocenters. The van der Waals surface area contributed by atoms with Gasteiger partial charge in [0.25, 0.3) is 0 Å². The van der Waals surface area contributed by atoms with E-state index in [4.69, 9.17) is 9.47 Å². The predicted molar refractivity (Wildman–Crippen MR) is 114 cm³/mol. The van der Waals surface area contributed by atoms with Crippen LogP contribution in [0.2, 0.25) is 0 Å². The zero-order chi connectivity index (χ0) is 20.7. The van der Waals surface area contributed by atoms with Crippen LogP contribution in [0.25, 0.3) is 0 Å². The summed E-state index contributed by atoms with van der Waals surface area (Å²) < 4.78 is 38.3. The summed E-state index contributed by atoms with van der Waals surface area (Å²) in [5.41, 5.74) is 1.26. The molecule has 0 saturated carbocycles. The fraction of sp³-hybridized carbons (Fsp3) is 0.429. The summed E-state index contributed by atoms with van der Waals surface area (Å²) in [6, 6.07) is 15.2. The highest BCUT2D eigenvalue weighted by atomic mass is 32.2. The molecule has 0 radical (unpaired) electrons. The van der Waals surface area contributed by atoms with Gasteiger partial charge in [0.05, 0.1) is 14.2 Å². The van der Waals surface area contributed by atoms with Crippen LogP contribution in [0.15, 0.2) is 53.4 Å². The molecule has 1 saturated heterocycles. The van der Waals surface area contributed by atoms with Crippen molar-refractivity contribution in [3.05, 3.63) is 48.5 Å². The van der Waals surface area contributed by atoms with Crippen LogP contribution in [0.1, 0.15) is 6.42 Å². The predicted octanol–water partition coefficient (Wildman–Crippen LogP) is 2.19. The van der Waals surface area contributed by atoms with Crippen LogP contribution in [0.3, 0.4) is 0 Å². The number of hydrogen-bond donors (Lipinski definition) is 1. The SMILES string of the molecule is COc1ccc(OC)c(S(=O)(=O)NCCCN2CCN(c3ccccc3)CC2)c1. The van der Waals surface area contributed by atoms with Crippen LogP contribution in [0.4, 0.5) is 5.69 Å². The highest BCUT2D eigenvalue weighted by molar-refractivity contribution is 7.89. The number of sulfonamides is 1. The summed E-state index contributed by atoms with van der Waals surface area (Å²) in [6.07, 6.45) is 0.747. The average molecular weight is 420 g/mol. The Morgan fingerprint density at radius 1 is 0.966 bits per heavy atom. The minimum atomic E-state index is -3.67. The van der Waals surface area contributed by atoms with Gasteiger partial charge in [-0.3, -0.25) is 4.90 Å². The van der Waals surface area contributed by atoms with Gasteiger partial charge in [-0.15, -0.1) is 0 Å². The number of nitrogens with one attached hydrogen (secondary N) is 1. The monoisotopic (exact) mass is 419 g/mol. The van der Waals surface area contributed by atoms with Gasteiger partial charge >= 0.3 is 0 Å². The van der Waals surface area contributed by atoms with Crippen molar-refractivity contribution in [2.24, 2.45) is 0 Å². The highest BCUT2D eigenvalue weighted by Crippen LogP contribution is 2.28. The average Bonchev–Trinajstić information content (AvgIpc) is 2.77. The molecule has 0 amide bonds. The quantitative estimate of drug-likeness (QED) is 0.629. The van der Waals surface area contributed by atoms with Crippen molar-refractivity contribution in [1.29, 1.82) is 0 Å². The van der Waals surface area contributed by atoms with E-state index in [1.807, 2.05) is 6.07 Å². The molecule has 0 atom stereocenters. The van der Waals surface area contributed by atoms with Crippen molar-refractivity contribution in [2.75, 3.05) is 58.4 Å². The first-order valence-corrected chi connectivity index (χ1v) is 11.3. The molecule has 8 heteroatoms. The minimum Gasteiger partial charge on any atom is -0.497 e. The first-order valence-electron chi connectivity index (χ1n) is 9.77. The van der Waals surface area contributed by atoms with E-state index in [-0.39, 0.29) is 4.90 Å². The topological polar surface area (TPSA) is 71.1 Å². The molecule has 7 nitrogen and oxygen atoms in total. The Morgan fingerprint density at radius 3 is 2.34 bits per heavy atom. The van der Waals surface area contributed by atoms with Gasteiger partial charge in [0.1, 0.15) is 16.4 Å². The van der Waals surface area contributed by atoms with Gasteiger partial charge in [0, 0.05) is 44.5 Å². The Morgan fingerprint density at radius 2 is 1.69 bits per heavy atom. The standard InChI is InChI=1S/C21H29N3O4S/c1-27-19-9-10-20(28-2)21(17-19)29(25,26)22-11-6-12-23-13-15-24(16-14-23)18-7-4-3-5-8-18/h3-5,7-10,17,22H,6,11-16H2,1-2H3. The normalized spacial score (nSPS) is 15.3. The lowest BCUT2D eigenvalue weighted by molar-refractivity contribution is 0.255. The Balaban J connectivity index is 1.46. The van der Waals surface area contributed by atoms with Crippen LogP contribution in [0, 0.1) is 0 Å². The molecular formula is C21H29N3O4S. The zero-order valence-corrected chi connectivity index (χ0v) is 17.8. The van der Waals surface area contributed by atoms with Gasteiger partial charge in [-0.1, -0.05) is 18.2 Å². The zero-order valence-electron chi connectivity index (χ0n) is 17.0. The molecule has 29 heavy (non-hydrogen) atoms. The molecule has 1 aliphatic rings. The second-order valence-electron chi connectivity index (χ2n) is 6.93. The summed E-state index contributed by atoms with van der Waals surface area (Å²) in [5, 5.41) is 0. The highest BCUT2D eigenvalue weighted by Gasteiger charge is 2.21. The lowest BCUT2D eigenvalue weighted by Crippen LogP contribution is -2.47. The van der Waals surface area contributed by atoms with Crippen LogP contribution in [-0.2, 0) is 10.0 Å². The smallest absolute Gasteiger partial charge is 0.244 e. The maximum atomic E-state index is 12.7. The fourth-order valence-electron chi connectivity index (χ4n) is 3.45. The van der Waals surface area contributed by atoms with E-state index < -0.39 is 10.0 Å². The van der Waals surface area contributed by atoms with E-state index in [2.05, 4.69) is 38.8 Å². The van der Waals surface area contributed by atoms with E-state index in [1.165, 1.54) is 26.0 Å². The lowest BCUT2D eigenvalue weighted by Gasteiger charge is -2.36. The molecule has 158 valence electrons. The molecule has 1 aliphatic heterocycles. The summed E-state index contributed by atoms with van der Waals surface area (Å²) in [4.78, 5) is 4.85. The number of para-hydroxylation sites is 1. The number of hydrogen-bond acceptors (Lipinski definition) is 6. The maximum Gasteiger partial charge on any atom is 0.244 e. The fourth-order valence-corrected chi connectivity index (χ4v) is 4.71. The van der Waals surface area contributed by atoms with E-state index in [9.17, 15) is 8.42 Å². The number of benzene rings is 2. The number of ether oxygens (including phenoxy) is 2. The Labute approximate surface area is 173 Å². The lowest BCUT2D eigenvalue weighted by atomic mass is 10.2. The molecule has 2 aromatic carbocycles. The molecule has 1 N–H and O–H groups in total. The van der Waals surface area contributed by atoms with E-state index in [0.717, 1.165) is 39.1 Å². The third-order valence-electron chi connectivity index (χ3n) is 5.10. The molecular weight excluding hydrogens is 390 g/mol. The third-order valence-corrected chi connectivity index (χ3v) is 6.58. The van der Waals surface area contributed by atoms with E-state index in [0.29, 0.717) is 18.0 Å². The van der Waals surface area contributed by atoms with E-state index in [1.54, 1.807) is 12.1 Å². The summed E-state index contributed by atoms with van der Waals surface area (Å²) in [5.74, 6) is 0.776. The first-order chi connectivity index (χ1) is 14.0. The van der Waals surface area contributed by atoms with E-state index >= 15 is 0 Å². The number of anilines is 1. The van der Waals surface area contributed by atoms with Crippen LogP contribution < -0.4 is 19.1 Å². The number of piperazine rings is 1. The summed E-state index contributed by atoms with van der Waals surface area (Å²) >= 11 is 0. The van der Waals surface area contributed by atoms with Gasteiger partial charge in [0.2, 0.25) is 10.0 Å². The van der Waals surface area contributed by atoms with Gasteiger partial charge in [-0.25, -0.2) is 13.1 Å². The number of nitrogens with zero attached hydrogens (tertiary/aromatic N) is 2. The first kappa shape index (κ1) is 21.4. The Kier molecular flexibility index (Phi) is 7.35. The van der Waals surface area contributed by atoms with Crippen molar-refractivity contribution >= 4 is 15.7 Å². The summed E-state index contributed by atoms with van der Waals surface area (Å²) in [6.45, 7) is 5.16. The molecule has 1 heterocycles. The van der Waals surface area contributed by atoms with Gasteiger partial charge in [-0.05, 0) is 37.2 Å². The van der Waals surface area contributed by atoms with Crippen molar-refractivity contribution < 1.29 is 17.9 Å². The molecule has 1 fully saturated rings. The third kappa shape index (κ3) is 5.62. The molecule has 0 aliphatic carbocycles. The van der Waals surface area contributed by atoms with Crippen molar-refractivity contribution in [3.63, 3.8) is 0 Å². The molecule has 3 rings (SSSR count). The van der Waals surface area contributed by atoms with Gasteiger partial charge in [0.15, 0.2) is 0 Å². The number of rotatable bonds is 9. The molecule has 0 aromatic heterocycles. The second-order valence-corrected chi connectivity index (χ2v) is 8.67. The minimum absolute atomic E-state index is 0.0934. The number of methoxy groups -OCH3 is 2. The van der Waals surface area contributed by atoms with Crippen molar-refractivity contribution in [1.82, 2.24) is 9.62 Å². The van der Waals surface area contributed by atoms with Crippen LogP contribution >= 0.6 is 0 Å². The van der Waals surface area contributed by atoms with Crippen molar-refractivity contribution in [2.45, 2.75) is 11.3 Å². The largest absolute Gasteiger partial charge is 0.497 e. The molecule has 0 spiro atoms. The molecule has 0 bridgehead atoms. The Bertz CT molecular complexity index is 882.